The van der Waals surface area contributed by atoms with E-state index in [1.54, 1.807) is 0 Å². The maximum Gasteiger partial charge on any atom is 0.00704 e. The summed E-state index contributed by atoms with van der Waals surface area (Å²) in [4.78, 5) is 0. The lowest BCUT2D eigenvalue weighted by atomic mass is 10.1. The van der Waals surface area contributed by atoms with Crippen LogP contribution in [-0.2, 0) is 6.42 Å². The van der Waals surface area contributed by atoms with Gasteiger partial charge in [0.15, 0.2) is 0 Å². The molecule has 2 nitrogen and oxygen atoms in total. The molecule has 0 amide bonds. The Labute approximate surface area is 105 Å². The summed E-state index contributed by atoms with van der Waals surface area (Å²) >= 11 is 0. The first kappa shape index (κ1) is 12.6. The maximum atomic E-state index is 5.70. The summed E-state index contributed by atoms with van der Waals surface area (Å²) in [7, 11) is 0. The SMILES string of the molecule is Cc1ccc(CCN[C@H]2CCC(CN)C2)cc1. The monoisotopic (exact) mass is 232 g/mol. The van der Waals surface area contributed by atoms with Crippen molar-refractivity contribution < 1.29 is 0 Å². The molecular weight excluding hydrogens is 208 g/mol. The fourth-order valence-electron chi connectivity index (χ4n) is 2.65. The summed E-state index contributed by atoms with van der Waals surface area (Å²) in [6, 6.07) is 9.54. The Balaban J connectivity index is 1.68. The number of aryl methyl sites for hydroxylation is 1. The van der Waals surface area contributed by atoms with Crippen molar-refractivity contribution in [2.45, 2.75) is 38.6 Å². The van der Waals surface area contributed by atoms with Crippen molar-refractivity contribution in [1.29, 1.82) is 0 Å². The molecule has 1 aromatic rings. The van der Waals surface area contributed by atoms with E-state index in [4.69, 9.17) is 5.73 Å². The normalized spacial score (nSPS) is 24.1. The van der Waals surface area contributed by atoms with Crippen LogP contribution in [0.3, 0.4) is 0 Å². The quantitative estimate of drug-likeness (QED) is 0.817. The molecule has 0 spiro atoms. The van der Waals surface area contributed by atoms with Gasteiger partial charge in [0.1, 0.15) is 0 Å². The van der Waals surface area contributed by atoms with Crippen LogP contribution in [0.2, 0.25) is 0 Å². The van der Waals surface area contributed by atoms with Crippen molar-refractivity contribution in [2.24, 2.45) is 11.7 Å². The van der Waals surface area contributed by atoms with Gasteiger partial charge in [-0.15, -0.1) is 0 Å². The summed E-state index contributed by atoms with van der Waals surface area (Å²) in [5, 5.41) is 3.65. The molecule has 3 N–H and O–H groups in total. The van der Waals surface area contributed by atoms with Gasteiger partial charge in [0.2, 0.25) is 0 Å². The molecule has 1 aliphatic rings. The van der Waals surface area contributed by atoms with E-state index in [1.807, 2.05) is 0 Å². The van der Waals surface area contributed by atoms with Crippen LogP contribution < -0.4 is 11.1 Å². The second kappa shape index (κ2) is 6.18. The second-order valence-electron chi connectivity index (χ2n) is 5.30. The molecule has 1 aliphatic carbocycles. The molecule has 1 aromatic carbocycles. The molecule has 0 radical (unpaired) electrons. The number of nitrogens with two attached hydrogens (primary N) is 1. The molecule has 2 atom stereocenters. The Hall–Kier alpha value is -0.860. The molecule has 0 heterocycles. The van der Waals surface area contributed by atoms with Crippen molar-refractivity contribution in [2.75, 3.05) is 13.1 Å². The number of hydrogen-bond donors (Lipinski definition) is 2. The first-order chi connectivity index (χ1) is 8.28. The zero-order chi connectivity index (χ0) is 12.1. The van der Waals surface area contributed by atoms with Gasteiger partial charge in [-0.05, 0) is 57.2 Å². The van der Waals surface area contributed by atoms with E-state index in [1.165, 1.54) is 30.4 Å². The molecule has 0 saturated heterocycles. The molecule has 0 bridgehead atoms. The van der Waals surface area contributed by atoms with Crippen LogP contribution in [0.15, 0.2) is 24.3 Å². The summed E-state index contributed by atoms with van der Waals surface area (Å²) in [6.07, 6.45) is 5.00. The van der Waals surface area contributed by atoms with Gasteiger partial charge < -0.3 is 11.1 Å². The van der Waals surface area contributed by atoms with Crippen LogP contribution >= 0.6 is 0 Å². The van der Waals surface area contributed by atoms with E-state index in [9.17, 15) is 0 Å². The van der Waals surface area contributed by atoms with E-state index in [-0.39, 0.29) is 0 Å². The van der Waals surface area contributed by atoms with Crippen LogP contribution in [-0.4, -0.2) is 19.1 Å². The van der Waals surface area contributed by atoms with Crippen LogP contribution in [0.5, 0.6) is 0 Å². The number of hydrogen-bond acceptors (Lipinski definition) is 2. The standard InChI is InChI=1S/C15H24N2/c1-12-2-4-13(5-3-12)8-9-17-15-7-6-14(10-15)11-16/h2-5,14-15,17H,6-11,16H2,1H3/t14?,15-/m0/s1. The molecule has 1 saturated carbocycles. The predicted octanol–water partition coefficient (Wildman–Crippen LogP) is 2.25. The number of benzene rings is 1. The smallest absolute Gasteiger partial charge is 0.00704 e. The van der Waals surface area contributed by atoms with E-state index < -0.39 is 0 Å². The van der Waals surface area contributed by atoms with Crippen LogP contribution in [0.4, 0.5) is 0 Å². The van der Waals surface area contributed by atoms with Gasteiger partial charge in [0.25, 0.3) is 0 Å². The average molecular weight is 232 g/mol. The van der Waals surface area contributed by atoms with Crippen LogP contribution in [0.25, 0.3) is 0 Å². The van der Waals surface area contributed by atoms with E-state index in [0.29, 0.717) is 6.04 Å². The van der Waals surface area contributed by atoms with Crippen molar-refractivity contribution in [3.63, 3.8) is 0 Å². The number of rotatable bonds is 5. The minimum absolute atomic E-state index is 0.703. The van der Waals surface area contributed by atoms with Gasteiger partial charge in [-0.25, -0.2) is 0 Å². The summed E-state index contributed by atoms with van der Waals surface area (Å²) in [6.45, 7) is 4.08. The van der Waals surface area contributed by atoms with Crippen LogP contribution in [0.1, 0.15) is 30.4 Å². The molecule has 2 rings (SSSR count). The Morgan fingerprint density at radius 2 is 2.00 bits per heavy atom. The lowest BCUT2D eigenvalue weighted by Crippen LogP contribution is -2.29. The second-order valence-corrected chi connectivity index (χ2v) is 5.30. The van der Waals surface area contributed by atoms with E-state index in [0.717, 1.165) is 25.4 Å². The molecule has 1 unspecified atom stereocenters. The average Bonchev–Trinajstić information content (AvgIpc) is 2.80. The first-order valence-corrected chi connectivity index (χ1v) is 6.77. The lowest BCUT2D eigenvalue weighted by Gasteiger charge is -2.12. The largest absolute Gasteiger partial charge is 0.330 e. The molecule has 0 aromatic heterocycles. The zero-order valence-corrected chi connectivity index (χ0v) is 10.8. The minimum Gasteiger partial charge on any atom is -0.330 e. The molecule has 0 aliphatic heterocycles. The fourth-order valence-corrected chi connectivity index (χ4v) is 2.65. The Bertz CT molecular complexity index is 331. The van der Waals surface area contributed by atoms with Crippen molar-refractivity contribution in [3.05, 3.63) is 35.4 Å². The molecular formula is C15H24N2. The third-order valence-corrected chi connectivity index (χ3v) is 3.84. The topological polar surface area (TPSA) is 38.0 Å². The zero-order valence-electron chi connectivity index (χ0n) is 10.8. The summed E-state index contributed by atoms with van der Waals surface area (Å²) in [5.41, 5.74) is 8.47. The van der Waals surface area contributed by atoms with Gasteiger partial charge in [-0.1, -0.05) is 29.8 Å². The van der Waals surface area contributed by atoms with E-state index in [2.05, 4.69) is 36.5 Å². The third-order valence-electron chi connectivity index (χ3n) is 3.84. The molecule has 1 fully saturated rings. The highest BCUT2D eigenvalue weighted by Gasteiger charge is 2.22. The van der Waals surface area contributed by atoms with Gasteiger partial charge in [0.05, 0.1) is 0 Å². The van der Waals surface area contributed by atoms with Crippen molar-refractivity contribution in [3.8, 4) is 0 Å². The molecule has 94 valence electrons. The Morgan fingerprint density at radius 3 is 2.65 bits per heavy atom. The van der Waals surface area contributed by atoms with Crippen LogP contribution in [0, 0.1) is 12.8 Å². The van der Waals surface area contributed by atoms with Crippen molar-refractivity contribution in [1.82, 2.24) is 5.32 Å². The molecule has 17 heavy (non-hydrogen) atoms. The van der Waals surface area contributed by atoms with Gasteiger partial charge in [-0.2, -0.15) is 0 Å². The first-order valence-electron chi connectivity index (χ1n) is 6.77. The Kier molecular flexibility index (Phi) is 4.57. The highest BCUT2D eigenvalue weighted by molar-refractivity contribution is 5.21. The van der Waals surface area contributed by atoms with Gasteiger partial charge in [-0.3, -0.25) is 0 Å². The maximum absolute atomic E-state index is 5.70. The predicted molar refractivity (Wildman–Crippen MR) is 73.1 cm³/mol. The van der Waals surface area contributed by atoms with Crippen molar-refractivity contribution >= 4 is 0 Å². The summed E-state index contributed by atoms with van der Waals surface area (Å²) < 4.78 is 0. The van der Waals surface area contributed by atoms with Gasteiger partial charge >= 0.3 is 0 Å². The summed E-state index contributed by atoms with van der Waals surface area (Å²) in [5.74, 6) is 0.756. The Morgan fingerprint density at radius 1 is 1.24 bits per heavy atom. The van der Waals surface area contributed by atoms with E-state index >= 15 is 0 Å². The number of nitrogens with one attached hydrogen (secondary N) is 1. The lowest BCUT2D eigenvalue weighted by molar-refractivity contribution is 0.493. The molecule has 2 heteroatoms. The minimum atomic E-state index is 0.703. The highest BCUT2D eigenvalue weighted by Crippen LogP contribution is 2.24. The fraction of sp³-hybridized carbons (Fsp3) is 0.600. The van der Waals surface area contributed by atoms with Gasteiger partial charge in [0, 0.05) is 6.04 Å². The highest BCUT2D eigenvalue weighted by atomic mass is 14.9. The third kappa shape index (κ3) is 3.83.